The van der Waals surface area contributed by atoms with Gasteiger partial charge in [-0.1, -0.05) is 11.6 Å². The first-order valence-corrected chi connectivity index (χ1v) is 8.29. The number of nitro groups is 1. The van der Waals surface area contributed by atoms with Gasteiger partial charge in [-0.2, -0.15) is 0 Å². The van der Waals surface area contributed by atoms with Crippen LogP contribution in [-0.2, 0) is 4.74 Å². The van der Waals surface area contributed by atoms with Gasteiger partial charge in [0.25, 0.3) is 5.69 Å². The third-order valence-corrected chi connectivity index (χ3v) is 5.02. The second kappa shape index (κ2) is 7.03. The SMILES string of the molecule is C/C1=C\CC[C@H]2[C@@H](CC1)[C@@H]2COC(=O)Oc1ccc([N+](=O)[O-])cc1. The fraction of sp³-hybridized carbons (Fsp3) is 0.500. The fourth-order valence-corrected chi connectivity index (χ4v) is 3.57. The first-order chi connectivity index (χ1) is 11.5. The number of fused-ring (bicyclic) bond motifs is 1. The Kier molecular flexibility index (Phi) is 4.83. The Bertz CT molecular complexity index is 652. The maximum absolute atomic E-state index is 11.8. The van der Waals surface area contributed by atoms with Gasteiger partial charge in [-0.15, -0.1) is 0 Å². The van der Waals surface area contributed by atoms with Crippen LogP contribution in [0.5, 0.6) is 5.75 Å². The zero-order chi connectivity index (χ0) is 17.1. The van der Waals surface area contributed by atoms with E-state index in [0.717, 1.165) is 19.3 Å². The molecule has 0 amide bonds. The third kappa shape index (κ3) is 3.93. The minimum atomic E-state index is -0.752. The van der Waals surface area contributed by atoms with Gasteiger partial charge >= 0.3 is 6.16 Å². The first-order valence-electron chi connectivity index (χ1n) is 8.29. The Morgan fingerprint density at radius 3 is 2.67 bits per heavy atom. The third-order valence-electron chi connectivity index (χ3n) is 5.02. The summed E-state index contributed by atoms with van der Waals surface area (Å²) in [5.74, 6) is 1.99. The van der Waals surface area contributed by atoms with Gasteiger partial charge in [-0.25, -0.2) is 4.79 Å². The highest BCUT2D eigenvalue weighted by molar-refractivity contribution is 5.64. The second-order valence-corrected chi connectivity index (χ2v) is 6.57. The van der Waals surface area contributed by atoms with Crippen LogP contribution in [0.25, 0.3) is 0 Å². The van der Waals surface area contributed by atoms with Crippen LogP contribution < -0.4 is 4.74 Å². The maximum Gasteiger partial charge on any atom is 0.513 e. The molecule has 1 aromatic rings. The number of carbonyl (C=O) groups is 1. The average molecular weight is 331 g/mol. The van der Waals surface area contributed by atoms with Gasteiger partial charge in [0.05, 0.1) is 11.5 Å². The molecule has 3 atom stereocenters. The molecule has 0 saturated heterocycles. The van der Waals surface area contributed by atoms with Crippen molar-refractivity contribution in [3.63, 3.8) is 0 Å². The van der Waals surface area contributed by atoms with Crippen molar-refractivity contribution in [1.82, 2.24) is 0 Å². The van der Waals surface area contributed by atoms with Crippen molar-refractivity contribution < 1.29 is 19.2 Å². The summed E-state index contributed by atoms with van der Waals surface area (Å²) in [5.41, 5.74) is 1.41. The van der Waals surface area contributed by atoms with E-state index in [2.05, 4.69) is 13.0 Å². The van der Waals surface area contributed by atoms with E-state index in [4.69, 9.17) is 9.47 Å². The number of nitrogens with zero attached hydrogens (tertiary/aromatic N) is 1. The van der Waals surface area contributed by atoms with Crippen molar-refractivity contribution in [3.05, 3.63) is 46.0 Å². The number of allylic oxidation sites excluding steroid dienone is 2. The number of nitro benzene ring substituents is 1. The van der Waals surface area contributed by atoms with E-state index >= 15 is 0 Å². The van der Waals surface area contributed by atoms with Crippen LogP contribution >= 0.6 is 0 Å². The van der Waals surface area contributed by atoms with E-state index in [-0.39, 0.29) is 11.4 Å². The molecule has 2 aliphatic rings. The number of non-ortho nitro benzene ring substituents is 1. The largest absolute Gasteiger partial charge is 0.513 e. The highest BCUT2D eigenvalue weighted by Crippen LogP contribution is 2.53. The van der Waals surface area contributed by atoms with Crippen LogP contribution in [0.15, 0.2) is 35.9 Å². The lowest BCUT2D eigenvalue weighted by Gasteiger charge is -2.05. The summed E-state index contributed by atoms with van der Waals surface area (Å²) in [6.07, 6.45) is 6.13. The van der Waals surface area contributed by atoms with Crippen LogP contribution in [0.1, 0.15) is 32.6 Å². The van der Waals surface area contributed by atoms with Crippen molar-refractivity contribution >= 4 is 11.8 Å². The van der Waals surface area contributed by atoms with Gasteiger partial charge in [-0.05, 0) is 62.5 Å². The van der Waals surface area contributed by atoms with Crippen LogP contribution in [0.2, 0.25) is 0 Å². The quantitative estimate of drug-likeness (QED) is 0.267. The maximum atomic E-state index is 11.8. The monoisotopic (exact) mass is 331 g/mol. The normalized spacial score (nSPS) is 27.7. The molecule has 6 heteroatoms. The topological polar surface area (TPSA) is 78.7 Å². The van der Waals surface area contributed by atoms with Crippen molar-refractivity contribution in [2.45, 2.75) is 32.6 Å². The lowest BCUT2D eigenvalue weighted by Crippen LogP contribution is -2.13. The van der Waals surface area contributed by atoms with Crippen LogP contribution in [-0.4, -0.2) is 17.7 Å². The number of benzene rings is 1. The van der Waals surface area contributed by atoms with Gasteiger partial charge < -0.3 is 9.47 Å². The Balaban J connectivity index is 1.44. The van der Waals surface area contributed by atoms with E-state index < -0.39 is 11.1 Å². The van der Waals surface area contributed by atoms with Gasteiger partial charge in [0.1, 0.15) is 5.75 Å². The number of ether oxygens (including phenoxy) is 2. The van der Waals surface area contributed by atoms with Gasteiger partial charge in [0.15, 0.2) is 0 Å². The minimum Gasteiger partial charge on any atom is -0.434 e. The van der Waals surface area contributed by atoms with E-state index in [9.17, 15) is 14.9 Å². The Morgan fingerprint density at radius 2 is 1.96 bits per heavy atom. The molecule has 0 unspecified atom stereocenters. The fourth-order valence-electron chi connectivity index (χ4n) is 3.57. The lowest BCUT2D eigenvalue weighted by molar-refractivity contribution is -0.384. The lowest BCUT2D eigenvalue weighted by atomic mass is 10.0. The van der Waals surface area contributed by atoms with Gasteiger partial charge in [-0.3, -0.25) is 10.1 Å². The molecule has 3 rings (SSSR count). The van der Waals surface area contributed by atoms with Crippen LogP contribution in [0.3, 0.4) is 0 Å². The zero-order valence-corrected chi connectivity index (χ0v) is 13.6. The standard InChI is InChI=1S/C18H21NO5/c1-12-3-2-4-15-16(10-5-12)17(15)11-23-18(20)24-14-8-6-13(7-9-14)19(21)22/h3,6-9,15-17H,2,4-5,10-11H2,1H3/b12-3+/t15-,16+,17+/m0/s1. The summed E-state index contributed by atoms with van der Waals surface area (Å²) >= 11 is 0. The molecule has 0 N–H and O–H groups in total. The summed E-state index contributed by atoms with van der Waals surface area (Å²) in [7, 11) is 0. The van der Waals surface area contributed by atoms with E-state index in [1.165, 1.54) is 36.3 Å². The summed E-state index contributed by atoms with van der Waals surface area (Å²) in [5, 5.41) is 10.6. The molecule has 0 bridgehead atoms. The highest BCUT2D eigenvalue weighted by Gasteiger charge is 2.49. The minimum absolute atomic E-state index is 0.0474. The summed E-state index contributed by atoms with van der Waals surface area (Å²) in [4.78, 5) is 21.8. The predicted octanol–water partition coefficient (Wildman–Crippen LogP) is 4.49. The van der Waals surface area contributed by atoms with E-state index in [1.807, 2.05) is 0 Å². The smallest absolute Gasteiger partial charge is 0.434 e. The molecule has 0 radical (unpaired) electrons. The predicted molar refractivity (Wildman–Crippen MR) is 87.8 cm³/mol. The van der Waals surface area contributed by atoms with Crippen molar-refractivity contribution in [2.75, 3.05) is 6.61 Å². The Morgan fingerprint density at radius 1 is 1.25 bits per heavy atom. The molecule has 1 fully saturated rings. The molecule has 6 nitrogen and oxygen atoms in total. The molecule has 1 saturated carbocycles. The molecule has 2 aliphatic carbocycles. The molecular formula is C18H21NO5. The summed E-state index contributed by atoms with van der Waals surface area (Å²) in [6.45, 7) is 2.57. The van der Waals surface area contributed by atoms with Gasteiger partial charge in [0.2, 0.25) is 0 Å². The van der Waals surface area contributed by atoms with Crippen molar-refractivity contribution in [3.8, 4) is 5.75 Å². The second-order valence-electron chi connectivity index (χ2n) is 6.57. The average Bonchev–Trinajstić information content (AvgIpc) is 3.20. The summed E-state index contributed by atoms with van der Waals surface area (Å²) in [6, 6.07) is 5.36. The summed E-state index contributed by atoms with van der Waals surface area (Å²) < 4.78 is 10.3. The molecule has 0 heterocycles. The van der Waals surface area contributed by atoms with Crippen LogP contribution in [0, 0.1) is 27.9 Å². The van der Waals surface area contributed by atoms with E-state index in [0.29, 0.717) is 24.4 Å². The highest BCUT2D eigenvalue weighted by atomic mass is 16.7. The zero-order valence-electron chi connectivity index (χ0n) is 13.6. The molecule has 0 aromatic heterocycles. The molecule has 24 heavy (non-hydrogen) atoms. The van der Waals surface area contributed by atoms with Crippen LogP contribution in [0.4, 0.5) is 10.5 Å². The first kappa shape index (κ1) is 16.5. The molecule has 0 aliphatic heterocycles. The number of hydrogen-bond acceptors (Lipinski definition) is 5. The Labute approximate surface area is 140 Å². The number of rotatable bonds is 4. The number of carbonyl (C=O) groups excluding carboxylic acids is 1. The molecular weight excluding hydrogens is 310 g/mol. The number of hydrogen-bond donors (Lipinski definition) is 0. The Hall–Kier alpha value is -2.37. The molecule has 0 spiro atoms. The van der Waals surface area contributed by atoms with Crippen molar-refractivity contribution in [2.24, 2.45) is 17.8 Å². The van der Waals surface area contributed by atoms with E-state index in [1.54, 1.807) is 0 Å². The van der Waals surface area contributed by atoms with Gasteiger partial charge in [0, 0.05) is 12.1 Å². The molecule has 1 aromatic carbocycles. The molecule has 128 valence electrons. The van der Waals surface area contributed by atoms with Crippen molar-refractivity contribution in [1.29, 1.82) is 0 Å².